The van der Waals surface area contributed by atoms with Crippen LogP contribution in [0.15, 0.2) is 0 Å². The normalized spacial score (nSPS) is 17.8. The van der Waals surface area contributed by atoms with Crippen LogP contribution in [0, 0.1) is 11.8 Å². The van der Waals surface area contributed by atoms with Gasteiger partial charge in [-0.3, -0.25) is 9.69 Å². The average molecular weight is 264 g/mol. The Bertz CT molecular complexity index is 251. The monoisotopic (exact) mass is 264 g/mol. The van der Waals surface area contributed by atoms with Gasteiger partial charge in [0, 0.05) is 0 Å². The number of piperidine rings is 1. The Kier molecular flexibility index (Phi) is 8.19. The minimum absolute atomic E-state index is 0.0536. The average Bonchev–Trinajstić information content (AvgIpc) is 2.36. The number of carbonyl (C=O) groups excluding carboxylic acids is 1. The number of unbranched alkanes of at least 4 members (excludes halogenated alkanes) is 1. The van der Waals surface area contributed by atoms with Crippen molar-refractivity contribution in [1.29, 1.82) is 0 Å². The van der Waals surface area contributed by atoms with Crippen LogP contribution in [0.4, 0.5) is 0 Å². The number of carbonyl (C=O) groups is 1. The van der Waals surface area contributed by atoms with E-state index < -0.39 is 0 Å². The second-order valence-electron chi connectivity index (χ2n) is 6.20. The lowest BCUT2D eigenvalue weighted by Gasteiger charge is -2.31. The summed E-state index contributed by atoms with van der Waals surface area (Å²) in [6.07, 6.45) is 8.21. The van der Waals surface area contributed by atoms with E-state index in [1.807, 2.05) is 0 Å². The van der Waals surface area contributed by atoms with Gasteiger partial charge >= 0.3 is 0 Å². The summed E-state index contributed by atoms with van der Waals surface area (Å²) in [7, 11) is 5.30. The van der Waals surface area contributed by atoms with Crippen LogP contribution in [-0.2, 0) is 4.79 Å². The summed E-state index contributed by atoms with van der Waals surface area (Å²) in [6, 6.07) is 0. The number of rotatable bonds is 8. The Hall–Kier alpha value is -0.505. The molecule has 1 aliphatic heterocycles. The summed E-state index contributed by atoms with van der Waals surface area (Å²) < 4.78 is 0. The predicted molar refractivity (Wildman–Crippen MR) is 81.2 cm³/mol. The predicted octanol–water partition coefficient (Wildman–Crippen LogP) is 2.16. The smallest absolute Gasteiger partial charge is 0.233 e. The highest BCUT2D eigenvalue weighted by Gasteiger charge is 2.20. The zero-order valence-electron chi connectivity index (χ0n) is 12.7. The number of hydrogen-bond donors (Lipinski definition) is 1. The Labute approximate surface area is 119 Å². The molecule has 1 heterocycles. The highest BCUT2D eigenvalue weighted by Crippen LogP contribution is 2.23. The lowest BCUT2D eigenvalue weighted by atomic mass is 9.90. The van der Waals surface area contributed by atoms with Crippen LogP contribution in [0.3, 0.4) is 0 Å². The molecule has 3 nitrogen and oxygen atoms in total. The Balaban J connectivity index is 2.06. The molecule has 0 unspecified atom stereocenters. The number of nitrogens with one attached hydrogen (secondary N) is 1. The fourth-order valence-electron chi connectivity index (χ4n) is 2.79. The van der Waals surface area contributed by atoms with E-state index in [0.29, 0.717) is 6.54 Å². The van der Waals surface area contributed by atoms with Gasteiger partial charge < -0.3 is 5.32 Å². The molecule has 0 saturated carbocycles. The molecule has 0 aromatic rings. The third-order valence-electron chi connectivity index (χ3n) is 4.02. The highest BCUT2D eigenvalue weighted by molar-refractivity contribution is 6.10. The molecular weight excluding hydrogens is 235 g/mol. The molecule has 1 N–H and O–H groups in total. The first kappa shape index (κ1) is 16.5. The van der Waals surface area contributed by atoms with Gasteiger partial charge in [0.2, 0.25) is 5.91 Å². The molecular formula is C15H29BN2O. The third-order valence-corrected chi connectivity index (χ3v) is 4.02. The summed E-state index contributed by atoms with van der Waals surface area (Å²) in [5.41, 5.74) is 0. The van der Waals surface area contributed by atoms with Crippen molar-refractivity contribution in [1.82, 2.24) is 10.2 Å². The Morgan fingerprint density at radius 1 is 1.32 bits per heavy atom. The summed E-state index contributed by atoms with van der Waals surface area (Å²) in [5.74, 6) is 1.77. The molecule has 0 aliphatic carbocycles. The first-order valence-electron chi connectivity index (χ1n) is 7.81. The van der Waals surface area contributed by atoms with Crippen molar-refractivity contribution in [2.45, 2.75) is 52.4 Å². The molecule has 1 rings (SSSR count). The molecule has 1 saturated heterocycles. The van der Waals surface area contributed by atoms with Crippen LogP contribution in [0.25, 0.3) is 0 Å². The number of hydrogen-bond acceptors (Lipinski definition) is 2. The lowest BCUT2D eigenvalue weighted by molar-refractivity contribution is -0.122. The number of nitrogens with zero attached hydrogens (tertiary/aromatic N) is 1. The van der Waals surface area contributed by atoms with Crippen molar-refractivity contribution < 1.29 is 4.79 Å². The lowest BCUT2D eigenvalue weighted by Crippen LogP contribution is -2.41. The fraction of sp³-hybridized carbons (Fsp3) is 0.933. The van der Waals surface area contributed by atoms with E-state index in [4.69, 9.17) is 7.85 Å². The molecule has 1 fully saturated rings. The van der Waals surface area contributed by atoms with E-state index in [2.05, 4.69) is 24.1 Å². The van der Waals surface area contributed by atoms with Crippen molar-refractivity contribution >= 4 is 13.8 Å². The molecule has 19 heavy (non-hydrogen) atoms. The van der Waals surface area contributed by atoms with Gasteiger partial charge in [-0.2, -0.15) is 0 Å². The number of amides is 1. The quantitative estimate of drug-likeness (QED) is 0.538. The molecule has 0 aromatic carbocycles. The Morgan fingerprint density at radius 2 is 2.00 bits per heavy atom. The molecule has 0 aromatic heterocycles. The minimum Gasteiger partial charge on any atom is -0.364 e. The highest BCUT2D eigenvalue weighted by atomic mass is 16.1. The van der Waals surface area contributed by atoms with E-state index in [0.717, 1.165) is 24.9 Å². The van der Waals surface area contributed by atoms with Crippen molar-refractivity contribution in [3.63, 3.8) is 0 Å². The van der Waals surface area contributed by atoms with E-state index in [-0.39, 0.29) is 12.4 Å². The van der Waals surface area contributed by atoms with Crippen LogP contribution in [-0.4, -0.2) is 44.7 Å². The van der Waals surface area contributed by atoms with E-state index in [1.165, 1.54) is 38.5 Å². The van der Waals surface area contributed by atoms with Crippen LogP contribution < -0.4 is 5.32 Å². The van der Waals surface area contributed by atoms with Gasteiger partial charge in [-0.1, -0.05) is 39.5 Å². The molecule has 108 valence electrons. The van der Waals surface area contributed by atoms with Gasteiger partial charge in [0.1, 0.15) is 0 Å². The zero-order valence-corrected chi connectivity index (χ0v) is 12.7. The zero-order chi connectivity index (χ0) is 14.1. The van der Waals surface area contributed by atoms with E-state index in [1.54, 1.807) is 0 Å². The van der Waals surface area contributed by atoms with Crippen molar-refractivity contribution in [2.75, 3.05) is 26.1 Å². The largest absolute Gasteiger partial charge is 0.364 e. The molecule has 0 spiro atoms. The van der Waals surface area contributed by atoms with Crippen LogP contribution in [0.2, 0.25) is 0 Å². The van der Waals surface area contributed by atoms with Gasteiger partial charge in [-0.15, -0.1) is 0 Å². The maximum absolute atomic E-state index is 11.4. The van der Waals surface area contributed by atoms with Crippen molar-refractivity contribution in [2.24, 2.45) is 11.8 Å². The van der Waals surface area contributed by atoms with Crippen molar-refractivity contribution in [3.05, 3.63) is 0 Å². The van der Waals surface area contributed by atoms with Gasteiger partial charge in [-0.25, -0.2) is 0 Å². The van der Waals surface area contributed by atoms with Gasteiger partial charge in [0.25, 0.3) is 0 Å². The Morgan fingerprint density at radius 3 is 2.58 bits per heavy atom. The molecule has 0 bridgehead atoms. The minimum atomic E-state index is 0.0536. The second kappa shape index (κ2) is 9.41. The number of likely N-dealkylation sites (tertiary alicyclic amines) is 1. The standard InChI is InChI=1S/C15H29BN2O/c1-13(2)5-3-4-6-14-7-9-18(10-8-14)11-15(19)17-12-16/h13-14H,3-12H2,1-2H3,(H,17,19). The van der Waals surface area contributed by atoms with E-state index >= 15 is 0 Å². The third kappa shape index (κ3) is 7.61. The van der Waals surface area contributed by atoms with Gasteiger partial charge in [0.15, 0.2) is 0 Å². The first-order valence-corrected chi connectivity index (χ1v) is 7.81. The molecule has 4 heteroatoms. The fourth-order valence-corrected chi connectivity index (χ4v) is 2.79. The summed E-state index contributed by atoms with van der Waals surface area (Å²) in [5, 5.41) is 2.65. The second-order valence-corrected chi connectivity index (χ2v) is 6.20. The van der Waals surface area contributed by atoms with Gasteiger partial charge in [0.05, 0.1) is 14.4 Å². The topological polar surface area (TPSA) is 32.3 Å². The molecule has 1 aliphatic rings. The molecule has 1 amide bonds. The van der Waals surface area contributed by atoms with Crippen molar-refractivity contribution in [3.8, 4) is 0 Å². The maximum atomic E-state index is 11.4. The summed E-state index contributed by atoms with van der Waals surface area (Å²) >= 11 is 0. The van der Waals surface area contributed by atoms with E-state index in [9.17, 15) is 4.79 Å². The van der Waals surface area contributed by atoms with Crippen LogP contribution in [0.5, 0.6) is 0 Å². The van der Waals surface area contributed by atoms with Crippen LogP contribution >= 0.6 is 0 Å². The molecule has 2 radical (unpaired) electrons. The maximum Gasteiger partial charge on any atom is 0.233 e. The molecule has 0 atom stereocenters. The first-order chi connectivity index (χ1) is 9.11. The SMILES string of the molecule is [B]CNC(=O)CN1CCC(CCCCC(C)C)CC1. The summed E-state index contributed by atoms with van der Waals surface area (Å²) in [6.45, 7) is 7.23. The van der Waals surface area contributed by atoms with Crippen LogP contribution in [0.1, 0.15) is 52.4 Å². The summed E-state index contributed by atoms with van der Waals surface area (Å²) in [4.78, 5) is 13.7. The van der Waals surface area contributed by atoms with Gasteiger partial charge in [-0.05, 0) is 44.2 Å².